The first-order chi connectivity index (χ1) is 13.3. The van der Waals surface area contributed by atoms with Gasteiger partial charge in [0.2, 0.25) is 0 Å². The zero-order valence-corrected chi connectivity index (χ0v) is 14.7. The van der Waals surface area contributed by atoms with Crippen molar-refractivity contribution in [1.29, 1.82) is 0 Å². The summed E-state index contributed by atoms with van der Waals surface area (Å²) in [6, 6.07) is 22.2. The monoisotopic (exact) mass is 359 g/mol. The average Bonchev–Trinajstić information content (AvgIpc) is 3.16. The molecule has 6 nitrogen and oxygen atoms in total. The lowest BCUT2D eigenvalue weighted by Gasteiger charge is -2.12. The minimum Gasteiger partial charge on any atom is -0.493 e. The third kappa shape index (κ3) is 3.37. The molecular weight excluding hydrogens is 342 g/mol. The summed E-state index contributed by atoms with van der Waals surface area (Å²) in [5.74, 6) is 0.777. The van der Waals surface area contributed by atoms with Crippen molar-refractivity contribution >= 4 is 16.9 Å². The van der Waals surface area contributed by atoms with Crippen molar-refractivity contribution in [2.45, 2.75) is 6.61 Å². The van der Waals surface area contributed by atoms with Gasteiger partial charge in [-0.1, -0.05) is 47.7 Å². The van der Waals surface area contributed by atoms with Gasteiger partial charge in [-0.2, -0.15) is 4.68 Å². The van der Waals surface area contributed by atoms with Crippen LogP contribution in [0.5, 0.6) is 11.5 Å². The zero-order chi connectivity index (χ0) is 18.6. The number of carbonyl (C=O) groups excluding carboxylic acids is 1. The maximum atomic E-state index is 12.8. The van der Waals surface area contributed by atoms with E-state index in [2.05, 4.69) is 10.3 Å². The van der Waals surface area contributed by atoms with Crippen molar-refractivity contribution in [2.75, 3.05) is 7.11 Å². The van der Waals surface area contributed by atoms with Crippen molar-refractivity contribution in [2.24, 2.45) is 0 Å². The minimum absolute atomic E-state index is 0.281. The predicted octanol–water partition coefficient (Wildman–Crippen LogP) is 3.71. The van der Waals surface area contributed by atoms with E-state index in [0.29, 0.717) is 34.7 Å². The molecule has 1 heterocycles. The number of ether oxygens (including phenoxy) is 2. The van der Waals surface area contributed by atoms with Crippen molar-refractivity contribution in [3.63, 3.8) is 0 Å². The third-order valence-corrected chi connectivity index (χ3v) is 4.19. The summed E-state index contributed by atoms with van der Waals surface area (Å²) < 4.78 is 12.5. The highest BCUT2D eigenvalue weighted by Crippen LogP contribution is 2.29. The summed E-state index contributed by atoms with van der Waals surface area (Å²) in [6.07, 6.45) is 0. The van der Waals surface area contributed by atoms with Crippen LogP contribution in [0.25, 0.3) is 11.0 Å². The van der Waals surface area contributed by atoms with Crippen LogP contribution in [0.15, 0.2) is 72.8 Å². The van der Waals surface area contributed by atoms with Gasteiger partial charge in [0.05, 0.1) is 12.6 Å². The Kier molecular flexibility index (Phi) is 4.53. The van der Waals surface area contributed by atoms with Gasteiger partial charge in [0, 0.05) is 5.56 Å². The highest BCUT2D eigenvalue weighted by Gasteiger charge is 2.16. The van der Waals surface area contributed by atoms with E-state index in [9.17, 15) is 4.79 Å². The first-order valence-electron chi connectivity index (χ1n) is 8.46. The van der Waals surface area contributed by atoms with Gasteiger partial charge in [0.15, 0.2) is 11.5 Å². The maximum absolute atomic E-state index is 12.8. The lowest BCUT2D eigenvalue weighted by molar-refractivity contribution is 0.0947. The first-order valence-corrected chi connectivity index (χ1v) is 8.46. The number of methoxy groups -OCH3 is 1. The van der Waals surface area contributed by atoms with Gasteiger partial charge in [-0.05, 0) is 35.9 Å². The molecule has 3 aromatic carbocycles. The number of fused-ring (bicyclic) bond motifs is 1. The number of carbonyl (C=O) groups is 1. The van der Waals surface area contributed by atoms with E-state index in [1.165, 1.54) is 4.68 Å². The molecule has 0 amide bonds. The number of para-hydroxylation sites is 1. The lowest BCUT2D eigenvalue weighted by atomic mass is 10.2. The van der Waals surface area contributed by atoms with Gasteiger partial charge in [-0.15, -0.1) is 5.10 Å². The summed E-state index contributed by atoms with van der Waals surface area (Å²) in [4.78, 5) is 12.8. The highest BCUT2D eigenvalue weighted by molar-refractivity contribution is 6.00. The number of nitrogens with zero attached hydrogens (tertiary/aromatic N) is 3. The Morgan fingerprint density at radius 1 is 0.963 bits per heavy atom. The molecule has 4 aromatic rings. The topological polar surface area (TPSA) is 66.2 Å². The molecule has 0 atom stereocenters. The molecule has 0 unspecified atom stereocenters. The second-order valence-corrected chi connectivity index (χ2v) is 5.94. The Hall–Kier alpha value is -3.67. The maximum Gasteiger partial charge on any atom is 0.280 e. The minimum atomic E-state index is -0.281. The van der Waals surface area contributed by atoms with E-state index in [1.54, 1.807) is 25.3 Å². The van der Waals surface area contributed by atoms with Gasteiger partial charge >= 0.3 is 0 Å². The highest BCUT2D eigenvalue weighted by atomic mass is 16.5. The van der Waals surface area contributed by atoms with Gasteiger partial charge in [0.25, 0.3) is 5.91 Å². The molecule has 0 aliphatic carbocycles. The Morgan fingerprint density at radius 3 is 2.56 bits per heavy atom. The molecule has 0 saturated carbocycles. The Morgan fingerprint density at radius 2 is 1.74 bits per heavy atom. The fourth-order valence-electron chi connectivity index (χ4n) is 2.80. The van der Waals surface area contributed by atoms with Crippen LogP contribution in [0, 0.1) is 0 Å². The second kappa shape index (κ2) is 7.29. The van der Waals surface area contributed by atoms with Gasteiger partial charge < -0.3 is 9.47 Å². The van der Waals surface area contributed by atoms with Crippen LogP contribution in [0.3, 0.4) is 0 Å². The number of rotatable bonds is 5. The molecular formula is C21H17N3O3. The summed E-state index contributed by atoms with van der Waals surface area (Å²) in [5.41, 5.74) is 2.81. The van der Waals surface area contributed by atoms with Crippen LogP contribution in [-0.2, 0) is 6.61 Å². The summed E-state index contributed by atoms with van der Waals surface area (Å²) in [7, 11) is 1.55. The molecule has 0 fully saturated rings. The van der Waals surface area contributed by atoms with Crippen LogP contribution in [-0.4, -0.2) is 28.0 Å². The molecule has 1 aromatic heterocycles. The summed E-state index contributed by atoms with van der Waals surface area (Å²) in [6.45, 7) is 0.415. The zero-order valence-electron chi connectivity index (χ0n) is 14.7. The summed E-state index contributed by atoms with van der Waals surface area (Å²) >= 11 is 0. The van der Waals surface area contributed by atoms with Crippen molar-refractivity contribution < 1.29 is 14.3 Å². The van der Waals surface area contributed by atoms with Crippen LogP contribution in [0.1, 0.15) is 15.9 Å². The van der Waals surface area contributed by atoms with E-state index >= 15 is 0 Å². The molecule has 134 valence electrons. The number of benzene rings is 3. The molecule has 27 heavy (non-hydrogen) atoms. The largest absolute Gasteiger partial charge is 0.493 e. The van der Waals surface area contributed by atoms with E-state index < -0.39 is 0 Å². The van der Waals surface area contributed by atoms with Crippen LogP contribution >= 0.6 is 0 Å². The van der Waals surface area contributed by atoms with E-state index in [4.69, 9.17) is 9.47 Å². The smallest absolute Gasteiger partial charge is 0.280 e. The van der Waals surface area contributed by atoms with E-state index in [0.717, 1.165) is 5.56 Å². The van der Waals surface area contributed by atoms with Crippen molar-refractivity contribution in [1.82, 2.24) is 15.0 Å². The number of hydrogen-bond acceptors (Lipinski definition) is 5. The van der Waals surface area contributed by atoms with Gasteiger partial charge in [-0.25, -0.2) is 0 Å². The number of aromatic nitrogens is 3. The molecule has 4 rings (SSSR count). The fourth-order valence-corrected chi connectivity index (χ4v) is 2.80. The normalized spacial score (nSPS) is 10.7. The quantitative estimate of drug-likeness (QED) is 0.543. The number of hydrogen-bond donors (Lipinski definition) is 0. The SMILES string of the molecule is COc1cc(C(=O)n2nnc3ccccc32)ccc1OCc1ccccc1. The third-order valence-electron chi connectivity index (χ3n) is 4.19. The Balaban J connectivity index is 1.60. The average molecular weight is 359 g/mol. The van der Waals surface area contributed by atoms with E-state index in [-0.39, 0.29) is 5.91 Å². The van der Waals surface area contributed by atoms with Crippen LogP contribution in [0.4, 0.5) is 0 Å². The first kappa shape index (κ1) is 16.8. The molecule has 0 radical (unpaired) electrons. The standard InChI is InChI=1S/C21H17N3O3/c1-26-20-13-16(11-12-19(20)27-14-15-7-3-2-4-8-15)21(25)24-18-10-6-5-9-17(18)22-23-24/h2-13H,14H2,1H3. The van der Waals surface area contributed by atoms with E-state index in [1.807, 2.05) is 54.6 Å². The fraction of sp³-hybridized carbons (Fsp3) is 0.0952. The van der Waals surface area contributed by atoms with Crippen molar-refractivity contribution in [3.05, 3.63) is 83.9 Å². The molecule has 0 bridgehead atoms. The Labute approximate surface area is 156 Å². The van der Waals surface area contributed by atoms with Gasteiger partial charge in [0.1, 0.15) is 12.1 Å². The summed E-state index contributed by atoms with van der Waals surface area (Å²) in [5, 5.41) is 8.00. The molecule has 6 heteroatoms. The van der Waals surface area contributed by atoms with Crippen molar-refractivity contribution in [3.8, 4) is 11.5 Å². The molecule has 0 aliphatic rings. The molecule has 0 aliphatic heterocycles. The second-order valence-electron chi connectivity index (χ2n) is 5.94. The predicted molar refractivity (Wildman–Crippen MR) is 101 cm³/mol. The van der Waals surface area contributed by atoms with Gasteiger partial charge in [-0.3, -0.25) is 4.79 Å². The molecule has 0 saturated heterocycles. The lowest BCUT2D eigenvalue weighted by Crippen LogP contribution is -2.14. The molecule has 0 spiro atoms. The molecule has 0 N–H and O–H groups in total. The van der Waals surface area contributed by atoms with Crippen LogP contribution in [0.2, 0.25) is 0 Å². The Bertz CT molecular complexity index is 1090. The van der Waals surface area contributed by atoms with Crippen LogP contribution < -0.4 is 9.47 Å².